The van der Waals surface area contributed by atoms with Crippen LogP contribution in [-0.2, 0) is 9.53 Å². The van der Waals surface area contributed by atoms with E-state index in [1.807, 2.05) is 19.1 Å². The third-order valence-corrected chi connectivity index (χ3v) is 2.59. The number of aromatic nitrogens is 1. The Morgan fingerprint density at radius 1 is 1.54 bits per heavy atom. The molecule has 0 aliphatic carbocycles. The van der Waals surface area contributed by atoms with E-state index < -0.39 is 0 Å². The molecule has 1 unspecified atom stereocenters. The molecule has 13 heavy (non-hydrogen) atoms. The Morgan fingerprint density at radius 3 is 2.69 bits per heavy atom. The molecule has 0 aliphatic rings. The van der Waals surface area contributed by atoms with Gasteiger partial charge in [0, 0.05) is 17.3 Å². The molecule has 0 aromatic carbocycles. The molecule has 0 radical (unpaired) electrons. The minimum atomic E-state index is -0.207. The summed E-state index contributed by atoms with van der Waals surface area (Å²) in [4.78, 5) is 16.0. The second kappa shape index (κ2) is 4.87. The number of hydrogen-bond donors (Lipinski definition) is 0. The maximum Gasteiger partial charge on any atom is 0.318 e. The largest absolute Gasteiger partial charge is 0.468 e. The second-order valence-electron chi connectivity index (χ2n) is 2.47. The van der Waals surface area contributed by atoms with E-state index in [-0.39, 0.29) is 11.2 Å². The van der Waals surface area contributed by atoms with Crippen LogP contribution >= 0.6 is 11.8 Å². The lowest BCUT2D eigenvalue weighted by molar-refractivity contribution is -0.139. The zero-order valence-corrected chi connectivity index (χ0v) is 8.38. The van der Waals surface area contributed by atoms with Crippen molar-refractivity contribution in [2.24, 2.45) is 0 Å². The van der Waals surface area contributed by atoms with Gasteiger partial charge in [0.1, 0.15) is 5.25 Å². The van der Waals surface area contributed by atoms with Crippen molar-refractivity contribution in [3.63, 3.8) is 0 Å². The van der Waals surface area contributed by atoms with E-state index in [1.165, 1.54) is 18.9 Å². The summed E-state index contributed by atoms with van der Waals surface area (Å²) in [6, 6.07) is 3.73. The lowest BCUT2D eigenvalue weighted by atomic mass is 10.5. The molecule has 1 aromatic rings. The van der Waals surface area contributed by atoms with E-state index in [2.05, 4.69) is 9.72 Å². The maximum absolute atomic E-state index is 11.1. The number of ether oxygens (including phenoxy) is 1. The molecule has 4 heteroatoms. The Bertz CT molecular complexity index is 276. The molecule has 1 rings (SSSR count). The first kappa shape index (κ1) is 10.1. The van der Waals surface area contributed by atoms with Crippen LogP contribution in [0.3, 0.4) is 0 Å². The summed E-state index contributed by atoms with van der Waals surface area (Å²) in [7, 11) is 1.39. The molecule has 3 nitrogen and oxygen atoms in total. The SMILES string of the molecule is COC(=O)C(C)Sc1ccncc1. The molecule has 0 saturated heterocycles. The Labute approximate surface area is 81.5 Å². The van der Waals surface area contributed by atoms with Crippen LogP contribution in [0.2, 0.25) is 0 Å². The predicted molar refractivity (Wildman–Crippen MR) is 51.6 cm³/mol. The van der Waals surface area contributed by atoms with Crippen LogP contribution in [0, 0.1) is 0 Å². The van der Waals surface area contributed by atoms with Gasteiger partial charge in [0.2, 0.25) is 0 Å². The summed E-state index contributed by atoms with van der Waals surface area (Å²) >= 11 is 1.46. The maximum atomic E-state index is 11.1. The zero-order valence-electron chi connectivity index (χ0n) is 7.56. The number of nitrogens with zero attached hydrogens (tertiary/aromatic N) is 1. The molecule has 0 aliphatic heterocycles. The highest BCUT2D eigenvalue weighted by Crippen LogP contribution is 2.22. The van der Waals surface area contributed by atoms with Gasteiger partial charge in [-0.15, -0.1) is 11.8 Å². The van der Waals surface area contributed by atoms with Crippen LogP contribution in [0.15, 0.2) is 29.4 Å². The lowest BCUT2D eigenvalue weighted by Crippen LogP contribution is -2.14. The molecule has 70 valence electrons. The predicted octanol–water partition coefficient (Wildman–Crippen LogP) is 1.74. The zero-order chi connectivity index (χ0) is 9.68. The molecular weight excluding hydrogens is 186 g/mol. The van der Waals surface area contributed by atoms with E-state index in [0.29, 0.717) is 0 Å². The molecule has 0 fully saturated rings. The summed E-state index contributed by atoms with van der Waals surface area (Å²) in [5.41, 5.74) is 0. The fraction of sp³-hybridized carbons (Fsp3) is 0.333. The van der Waals surface area contributed by atoms with Crippen molar-refractivity contribution >= 4 is 17.7 Å². The molecule has 0 saturated carbocycles. The van der Waals surface area contributed by atoms with Gasteiger partial charge in [-0.1, -0.05) is 0 Å². The van der Waals surface area contributed by atoms with Crippen molar-refractivity contribution in [2.45, 2.75) is 17.1 Å². The Hall–Kier alpha value is -1.03. The average molecular weight is 197 g/mol. The van der Waals surface area contributed by atoms with Crippen LogP contribution in [0.25, 0.3) is 0 Å². The molecular formula is C9H11NO2S. The number of carbonyl (C=O) groups excluding carboxylic acids is 1. The highest BCUT2D eigenvalue weighted by molar-refractivity contribution is 8.00. The van der Waals surface area contributed by atoms with Gasteiger partial charge in [0.05, 0.1) is 7.11 Å². The second-order valence-corrected chi connectivity index (χ2v) is 3.88. The van der Waals surface area contributed by atoms with Crippen LogP contribution in [0.5, 0.6) is 0 Å². The smallest absolute Gasteiger partial charge is 0.318 e. The van der Waals surface area contributed by atoms with Crippen molar-refractivity contribution < 1.29 is 9.53 Å². The van der Waals surface area contributed by atoms with Gasteiger partial charge in [-0.25, -0.2) is 0 Å². The van der Waals surface area contributed by atoms with Gasteiger partial charge < -0.3 is 4.74 Å². The van der Waals surface area contributed by atoms with E-state index in [9.17, 15) is 4.79 Å². The summed E-state index contributed by atoms with van der Waals surface area (Å²) in [5.74, 6) is -0.207. The average Bonchev–Trinajstić information content (AvgIpc) is 2.18. The minimum absolute atomic E-state index is 0.174. The molecule has 1 aromatic heterocycles. The molecule has 0 spiro atoms. The van der Waals surface area contributed by atoms with Gasteiger partial charge in [0.25, 0.3) is 0 Å². The first-order chi connectivity index (χ1) is 6.24. The summed E-state index contributed by atoms with van der Waals surface area (Å²) in [6.07, 6.45) is 3.40. The normalized spacial score (nSPS) is 12.2. The van der Waals surface area contributed by atoms with Crippen molar-refractivity contribution in [3.05, 3.63) is 24.5 Å². The van der Waals surface area contributed by atoms with Crippen LogP contribution in [0.1, 0.15) is 6.92 Å². The number of pyridine rings is 1. The van der Waals surface area contributed by atoms with Gasteiger partial charge in [-0.2, -0.15) is 0 Å². The van der Waals surface area contributed by atoms with Gasteiger partial charge in [-0.3, -0.25) is 9.78 Å². The summed E-state index contributed by atoms with van der Waals surface area (Å²) < 4.78 is 4.61. The standard InChI is InChI=1S/C9H11NO2S/c1-7(9(11)12-2)13-8-3-5-10-6-4-8/h3-7H,1-2H3. The Morgan fingerprint density at radius 2 is 2.15 bits per heavy atom. The van der Waals surface area contributed by atoms with Gasteiger partial charge >= 0.3 is 5.97 Å². The number of methoxy groups -OCH3 is 1. The first-order valence-corrected chi connectivity index (χ1v) is 4.76. The number of rotatable bonds is 3. The van der Waals surface area contributed by atoms with Crippen LogP contribution < -0.4 is 0 Å². The molecule has 0 bridgehead atoms. The third kappa shape index (κ3) is 3.06. The van der Waals surface area contributed by atoms with Crippen molar-refractivity contribution in [1.82, 2.24) is 4.98 Å². The van der Waals surface area contributed by atoms with Crippen LogP contribution in [0.4, 0.5) is 0 Å². The first-order valence-electron chi connectivity index (χ1n) is 3.88. The van der Waals surface area contributed by atoms with Crippen molar-refractivity contribution in [3.8, 4) is 0 Å². The Kier molecular flexibility index (Phi) is 3.76. The van der Waals surface area contributed by atoms with Crippen LogP contribution in [-0.4, -0.2) is 23.3 Å². The fourth-order valence-electron chi connectivity index (χ4n) is 0.835. The highest BCUT2D eigenvalue weighted by atomic mass is 32.2. The van der Waals surface area contributed by atoms with E-state index in [1.54, 1.807) is 12.4 Å². The van der Waals surface area contributed by atoms with E-state index in [0.717, 1.165) is 4.90 Å². The van der Waals surface area contributed by atoms with Gasteiger partial charge in [-0.05, 0) is 19.1 Å². The minimum Gasteiger partial charge on any atom is -0.468 e. The number of thioether (sulfide) groups is 1. The van der Waals surface area contributed by atoms with Crippen molar-refractivity contribution in [1.29, 1.82) is 0 Å². The molecule has 1 heterocycles. The molecule has 0 N–H and O–H groups in total. The van der Waals surface area contributed by atoms with E-state index in [4.69, 9.17) is 0 Å². The summed E-state index contributed by atoms with van der Waals surface area (Å²) in [5, 5.41) is -0.174. The quantitative estimate of drug-likeness (QED) is 0.546. The highest BCUT2D eigenvalue weighted by Gasteiger charge is 2.13. The monoisotopic (exact) mass is 197 g/mol. The lowest BCUT2D eigenvalue weighted by Gasteiger charge is -2.07. The molecule has 1 atom stereocenters. The molecule has 0 amide bonds. The third-order valence-electron chi connectivity index (χ3n) is 1.50. The number of hydrogen-bond acceptors (Lipinski definition) is 4. The van der Waals surface area contributed by atoms with E-state index >= 15 is 0 Å². The number of carbonyl (C=O) groups is 1. The van der Waals surface area contributed by atoms with Crippen molar-refractivity contribution in [2.75, 3.05) is 7.11 Å². The number of esters is 1. The van der Waals surface area contributed by atoms with Gasteiger partial charge in [0.15, 0.2) is 0 Å². The Balaban J connectivity index is 2.55. The fourth-order valence-corrected chi connectivity index (χ4v) is 1.71. The topological polar surface area (TPSA) is 39.2 Å². The summed E-state index contributed by atoms with van der Waals surface area (Å²) in [6.45, 7) is 1.82.